The Morgan fingerprint density at radius 3 is 2.75 bits per heavy atom. The van der Waals surface area contributed by atoms with E-state index in [2.05, 4.69) is 9.47 Å². The second kappa shape index (κ2) is 5.11. The van der Waals surface area contributed by atoms with Gasteiger partial charge in [-0.15, -0.1) is 0 Å². The Morgan fingerprint density at radius 2 is 2.12 bits per heavy atom. The third-order valence-corrected chi connectivity index (χ3v) is 1.78. The van der Waals surface area contributed by atoms with Crippen molar-refractivity contribution < 1.29 is 23.5 Å². The zero-order valence-electron chi connectivity index (χ0n) is 8.53. The number of ether oxygens (including phenoxy) is 2. The van der Waals surface area contributed by atoms with E-state index < -0.39 is 24.4 Å². The van der Waals surface area contributed by atoms with Crippen LogP contribution in [-0.2, 0) is 14.3 Å². The standard InChI is InChI=1S/C10H10FNO4/c1-15-9(13)5-16-10(14)7-4-6(11)2-3-8(7)12/h2-4H,5,12H2,1H3. The molecule has 6 heteroatoms. The van der Waals surface area contributed by atoms with E-state index in [0.717, 1.165) is 19.2 Å². The Kier molecular flexibility index (Phi) is 3.82. The number of hydrogen-bond acceptors (Lipinski definition) is 5. The first-order chi connectivity index (χ1) is 7.54. The molecule has 0 spiro atoms. The number of nitrogen functional groups attached to an aromatic ring is 1. The van der Waals surface area contributed by atoms with Crippen LogP contribution in [0.15, 0.2) is 18.2 Å². The van der Waals surface area contributed by atoms with Crippen molar-refractivity contribution in [2.75, 3.05) is 19.5 Å². The summed E-state index contributed by atoms with van der Waals surface area (Å²) < 4.78 is 21.6. The van der Waals surface area contributed by atoms with E-state index in [1.165, 1.54) is 6.07 Å². The molecule has 0 aliphatic heterocycles. The zero-order valence-corrected chi connectivity index (χ0v) is 8.53. The Balaban J connectivity index is 2.73. The van der Waals surface area contributed by atoms with Gasteiger partial charge < -0.3 is 15.2 Å². The van der Waals surface area contributed by atoms with Crippen molar-refractivity contribution in [1.82, 2.24) is 0 Å². The van der Waals surface area contributed by atoms with E-state index in [0.29, 0.717) is 0 Å². The van der Waals surface area contributed by atoms with Gasteiger partial charge in [0.05, 0.1) is 12.7 Å². The molecule has 16 heavy (non-hydrogen) atoms. The summed E-state index contributed by atoms with van der Waals surface area (Å²) in [4.78, 5) is 22.1. The molecule has 2 N–H and O–H groups in total. The number of anilines is 1. The molecule has 0 saturated heterocycles. The maximum absolute atomic E-state index is 12.8. The van der Waals surface area contributed by atoms with Crippen LogP contribution in [0.1, 0.15) is 10.4 Å². The topological polar surface area (TPSA) is 78.6 Å². The Labute approximate surface area is 90.9 Å². The third-order valence-electron chi connectivity index (χ3n) is 1.78. The lowest BCUT2D eigenvalue weighted by Gasteiger charge is -2.05. The summed E-state index contributed by atoms with van der Waals surface area (Å²) in [6.45, 7) is -0.536. The highest BCUT2D eigenvalue weighted by atomic mass is 19.1. The highest BCUT2D eigenvalue weighted by Crippen LogP contribution is 2.14. The summed E-state index contributed by atoms with van der Waals surface area (Å²) in [7, 11) is 1.16. The SMILES string of the molecule is COC(=O)COC(=O)c1cc(F)ccc1N. The predicted molar refractivity (Wildman–Crippen MR) is 53.1 cm³/mol. The van der Waals surface area contributed by atoms with Crippen molar-refractivity contribution in [2.45, 2.75) is 0 Å². The molecule has 0 aliphatic rings. The molecule has 1 aromatic rings. The second-order valence-corrected chi connectivity index (χ2v) is 2.88. The van der Waals surface area contributed by atoms with Crippen molar-refractivity contribution in [3.05, 3.63) is 29.6 Å². The van der Waals surface area contributed by atoms with Crippen LogP contribution < -0.4 is 5.73 Å². The minimum Gasteiger partial charge on any atom is -0.466 e. The summed E-state index contributed by atoms with van der Waals surface area (Å²) in [5, 5.41) is 0. The molecule has 0 fully saturated rings. The normalized spacial score (nSPS) is 9.62. The van der Waals surface area contributed by atoms with Gasteiger partial charge in [0.1, 0.15) is 5.82 Å². The van der Waals surface area contributed by atoms with E-state index in [1.807, 2.05) is 0 Å². The van der Waals surface area contributed by atoms with Crippen LogP contribution in [-0.4, -0.2) is 25.7 Å². The van der Waals surface area contributed by atoms with Gasteiger partial charge in [0, 0.05) is 5.69 Å². The number of halogens is 1. The third kappa shape index (κ3) is 2.94. The molecule has 0 aliphatic carbocycles. The van der Waals surface area contributed by atoms with Gasteiger partial charge in [-0.3, -0.25) is 0 Å². The molecular weight excluding hydrogens is 217 g/mol. The Hall–Kier alpha value is -2.11. The molecule has 0 aromatic heterocycles. The van der Waals surface area contributed by atoms with E-state index in [4.69, 9.17) is 5.73 Å². The molecular formula is C10H10FNO4. The fourth-order valence-electron chi connectivity index (χ4n) is 0.966. The highest BCUT2D eigenvalue weighted by Gasteiger charge is 2.14. The van der Waals surface area contributed by atoms with Gasteiger partial charge >= 0.3 is 11.9 Å². The van der Waals surface area contributed by atoms with Crippen LogP contribution in [0.25, 0.3) is 0 Å². The molecule has 0 saturated carbocycles. The molecule has 1 aromatic carbocycles. The first-order valence-corrected chi connectivity index (χ1v) is 4.33. The lowest BCUT2D eigenvalue weighted by atomic mass is 10.2. The monoisotopic (exact) mass is 227 g/mol. The molecule has 0 bridgehead atoms. The molecule has 0 atom stereocenters. The van der Waals surface area contributed by atoms with Crippen molar-refractivity contribution >= 4 is 17.6 Å². The van der Waals surface area contributed by atoms with Gasteiger partial charge in [-0.25, -0.2) is 14.0 Å². The van der Waals surface area contributed by atoms with E-state index in [-0.39, 0.29) is 11.3 Å². The molecule has 0 amide bonds. The average molecular weight is 227 g/mol. The molecule has 0 heterocycles. The Morgan fingerprint density at radius 1 is 1.44 bits per heavy atom. The second-order valence-electron chi connectivity index (χ2n) is 2.88. The quantitative estimate of drug-likeness (QED) is 0.608. The molecule has 0 radical (unpaired) electrons. The zero-order chi connectivity index (χ0) is 12.1. The van der Waals surface area contributed by atoms with Crippen LogP contribution in [0.5, 0.6) is 0 Å². The number of hydrogen-bond donors (Lipinski definition) is 1. The predicted octanol–water partition coefficient (Wildman–Crippen LogP) is 0.738. The van der Waals surface area contributed by atoms with Crippen molar-refractivity contribution in [2.24, 2.45) is 0 Å². The van der Waals surface area contributed by atoms with Crippen molar-refractivity contribution in [1.29, 1.82) is 0 Å². The molecule has 0 unspecified atom stereocenters. The smallest absolute Gasteiger partial charge is 0.344 e. The first kappa shape index (κ1) is 12.0. The minimum absolute atomic E-state index is 0.0799. The van der Waals surface area contributed by atoms with Gasteiger partial charge in [-0.2, -0.15) is 0 Å². The summed E-state index contributed by atoms with van der Waals surface area (Å²) in [5.74, 6) is -2.19. The average Bonchev–Trinajstić information content (AvgIpc) is 2.28. The largest absolute Gasteiger partial charge is 0.466 e. The number of methoxy groups -OCH3 is 1. The highest BCUT2D eigenvalue weighted by molar-refractivity contribution is 5.95. The summed E-state index contributed by atoms with van der Waals surface area (Å²) in [6, 6.07) is 3.30. The van der Waals surface area contributed by atoms with Crippen LogP contribution in [0.2, 0.25) is 0 Å². The fraction of sp³-hybridized carbons (Fsp3) is 0.200. The van der Waals surface area contributed by atoms with Crippen LogP contribution in [0.4, 0.5) is 10.1 Å². The lowest BCUT2D eigenvalue weighted by molar-refractivity contribution is -0.144. The van der Waals surface area contributed by atoms with Gasteiger partial charge in [-0.1, -0.05) is 0 Å². The lowest BCUT2D eigenvalue weighted by Crippen LogP contribution is -2.16. The minimum atomic E-state index is -0.873. The molecule has 86 valence electrons. The molecule has 1 rings (SSSR count). The van der Waals surface area contributed by atoms with Gasteiger partial charge in [0.25, 0.3) is 0 Å². The van der Waals surface area contributed by atoms with Gasteiger partial charge in [-0.05, 0) is 18.2 Å². The van der Waals surface area contributed by atoms with Gasteiger partial charge in [0.2, 0.25) is 0 Å². The number of carbonyl (C=O) groups excluding carboxylic acids is 2. The van der Waals surface area contributed by atoms with Crippen molar-refractivity contribution in [3.8, 4) is 0 Å². The van der Waals surface area contributed by atoms with Crippen LogP contribution in [0.3, 0.4) is 0 Å². The molecule has 5 nitrogen and oxygen atoms in total. The summed E-state index contributed by atoms with van der Waals surface area (Å²) >= 11 is 0. The maximum atomic E-state index is 12.8. The van der Waals surface area contributed by atoms with E-state index in [1.54, 1.807) is 0 Å². The maximum Gasteiger partial charge on any atom is 0.344 e. The summed E-state index contributed by atoms with van der Waals surface area (Å²) in [5.41, 5.74) is 5.40. The van der Waals surface area contributed by atoms with Crippen LogP contribution >= 0.6 is 0 Å². The van der Waals surface area contributed by atoms with E-state index in [9.17, 15) is 14.0 Å². The van der Waals surface area contributed by atoms with E-state index >= 15 is 0 Å². The number of nitrogens with two attached hydrogens (primary N) is 1. The number of benzene rings is 1. The fourth-order valence-corrected chi connectivity index (χ4v) is 0.966. The number of carbonyl (C=O) groups is 2. The number of rotatable bonds is 3. The van der Waals surface area contributed by atoms with Crippen molar-refractivity contribution in [3.63, 3.8) is 0 Å². The van der Waals surface area contributed by atoms with Gasteiger partial charge in [0.15, 0.2) is 6.61 Å². The Bertz CT molecular complexity index is 419. The summed E-state index contributed by atoms with van der Waals surface area (Å²) in [6.07, 6.45) is 0. The van der Waals surface area contributed by atoms with Crippen LogP contribution in [0, 0.1) is 5.82 Å². The first-order valence-electron chi connectivity index (χ1n) is 4.33. The number of esters is 2.